The highest BCUT2D eigenvalue weighted by atomic mass is 32.1. The van der Waals surface area contributed by atoms with Gasteiger partial charge in [0, 0.05) is 11.6 Å². The van der Waals surface area contributed by atoms with Gasteiger partial charge in [0.1, 0.15) is 16.6 Å². The number of ether oxygens (including phenoxy) is 1. The fourth-order valence-electron chi connectivity index (χ4n) is 1.71. The standard InChI is InChI=1S/C14H11F3N2OS/c1-20-7-2-4-9(15)11(6-7)19-10-5-3-8(14(18)21)12(16)13(10)17/h2-6,19H,1H3,(H2,18,21). The molecule has 3 nitrogen and oxygen atoms in total. The molecular formula is C14H11F3N2OS. The van der Waals surface area contributed by atoms with Gasteiger partial charge in [-0.1, -0.05) is 12.2 Å². The summed E-state index contributed by atoms with van der Waals surface area (Å²) < 4.78 is 46.3. The van der Waals surface area contributed by atoms with Crippen LogP contribution >= 0.6 is 12.2 Å². The number of hydrogen-bond donors (Lipinski definition) is 2. The minimum Gasteiger partial charge on any atom is -0.497 e. The van der Waals surface area contributed by atoms with Crippen LogP contribution < -0.4 is 15.8 Å². The summed E-state index contributed by atoms with van der Waals surface area (Å²) in [7, 11) is 1.41. The Labute approximate surface area is 124 Å². The summed E-state index contributed by atoms with van der Waals surface area (Å²) in [5.41, 5.74) is 4.78. The van der Waals surface area contributed by atoms with Crippen molar-refractivity contribution in [3.05, 3.63) is 53.3 Å². The maximum atomic E-state index is 13.9. The number of benzene rings is 2. The quantitative estimate of drug-likeness (QED) is 0.849. The summed E-state index contributed by atoms with van der Waals surface area (Å²) in [5, 5.41) is 2.47. The molecule has 0 aromatic heterocycles. The third-order valence-corrected chi connectivity index (χ3v) is 3.01. The predicted octanol–water partition coefficient (Wildman–Crippen LogP) is 3.49. The number of hydrogen-bond acceptors (Lipinski definition) is 3. The number of anilines is 2. The van der Waals surface area contributed by atoms with Gasteiger partial charge in [-0.3, -0.25) is 0 Å². The molecule has 0 amide bonds. The highest BCUT2D eigenvalue weighted by Gasteiger charge is 2.16. The Morgan fingerprint density at radius 1 is 1.10 bits per heavy atom. The van der Waals surface area contributed by atoms with Gasteiger partial charge in [-0.2, -0.15) is 0 Å². The number of rotatable bonds is 4. The minimum absolute atomic E-state index is 0.0456. The molecule has 2 rings (SSSR count). The minimum atomic E-state index is -1.19. The highest BCUT2D eigenvalue weighted by molar-refractivity contribution is 7.80. The first-order valence-corrected chi connectivity index (χ1v) is 6.23. The van der Waals surface area contributed by atoms with Crippen LogP contribution in [0.15, 0.2) is 30.3 Å². The van der Waals surface area contributed by atoms with E-state index < -0.39 is 17.5 Å². The van der Waals surface area contributed by atoms with E-state index in [2.05, 4.69) is 17.5 Å². The third-order valence-electron chi connectivity index (χ3n) is 2.79. The molecule has 3 N–H and O–H groups in total. The molecule has 0 radical (unpaired) electrons. The summed E-state index contributed by atoms with van der Waals surface area (Å²) >= 11 is 4.61. The first-order chi connectivity index (χ1) is 9.93. The van der Waals surface area contributed by atoms with Gasteiger partial charge in [-0.15, -0.1) is 0 Å². The molecular weight excluding hydrogens is 301 g/mol. The molecule has 0 aliphatic carbocycles. The Morgan fingerprint density at radius 2 is 1.81 bits per heavy atom. The first-order valence-electron chi connectivity index (χ1n) is 5.82. The Bertz CT molecular complexity index is 707. The van der Waals surface area contributed by atoms with Crippen molar-refractivity contribution < 1.29 is 17.9 Å². The van der Waals surface area contributed by atoms with Gasteiger partial charge in [0.05, 0.1) is 18.5 Å². The molecule has 0 atom stereocenters. The van der Waals surface area contributed by atoms with Gasteiger partial charge in [0.2, 0.25) is 0 Å². The van der Waals surface area contributed by atoms with Gasteiger partial charge in [0.15, 0.2) is 11.6 Å². The van der Waals surface area contributed by atoms with Crippen LogP contribution in [0.4, 0.5) is 24.5 Å². The molecule has 0 aliphatic heterocycles. The van der Waals surface area contributed by atoms with Crippen molar-refractivity contribution in [2.45, 2.75) is 0 Å². The van der Waals surface area contributed by atoms with Crippen molar-refractivity contribution >= 4 is 28.6 Å². The van der Waals surface area contributed by atoms with E-state index in [1.165, 1.54) is 31.4 Å². The second-order valence-corrected chi connectivity index (χ2v) is 4.56. The number of halogens is 3. The summed E-state index contributed by atoms with van der Waals surface area (Å²) in [6.07, 6.45) is 0. The average molecular weight is 312 g/mol. The lowest BCUT2D eigenvalue weighted by Gasteiger charge is -2.12. The maximum Gasteiger partial charge on any atom is 0.182 e. The van der Waals surface area contributed by atoms with Crippen molar-refractivity contribution in [2.24, 2.45) is 5.73 Å². The molecule has 0 fully saturated rings. The molecule has 2 aromatic carbocycles. The van der Waals surface area contributed by atoms with Crippen LogP contribution in [0.2, 0.25) is 0 Å². The van der Waals surface area contributed by atoms with Gasteiger partial charge in [-0.25, -0.2) is 13.2 Å². The number of methoxy groups -OCH3 is 1. The van der Waals surface area contributed by atoms with E-state index in [9.17, 15) is 13.2 Å². The highest BCUT2D eigenvalue weighted by Crippen LogP contribution is 2.28. The van der Waals surface area contributed by atoms with Crippen LogP contribution in [0, 0.1) is 17.5 Å². The molecule has 0 saturated carbocycles. The zero-order valence-electron chi connectivity index (χ0n) is 10.9. The molecule has 110 valence electrons. The van der Waals surface area contributed by atoms with E-state index >= 15 is 0 Å². The van der Waals surface area contributed by atoms with E-state index in [4.69, 9.17) is 10.5 Å². The monoisotopic (exact) mass is 312 g/mol. The third kappa shape index (κ3) is 3.08. The molecule has 7 heteroatoms. The summed E-state index contributed by atoms with van der Waals surface area (Å²) in [4.78, 5) is -0.259. The van der Waals surface area contributed by atoms with Gasteiger partial charge < -0.3 is 15.8 Å². The van der Waals surface area contributed by atoms with E-state index in [1.807, 2.05) is 0 Å². The van der Waals surface area contributed by atoms with Gasteiger partial charge >= 0.3 is 0 Å². The number of nitrogens with two attached hydrogens (primary N) is 1. The lowest BCUT2D eigenvalue weighted by molar-refractivity contribution is 0.414. The van der Waals surface area contributed by atoms with E-state index in [0.717, 1.165) is 6.07 Å². The van der Waals surface area contributed by atoms with Crippen molar-refractivity contribution in [2.75, 3.05) is 12.4 Å². The lowest BCUT2D eigenvalue weighted by atomic mass is 10.1. The normalized spacial score (nSPS) is 10.3. The molecule has 0 heterocycles. The fraction of sp³-hybridized carbons (Fsp3) is 0.0714. The van der Waals surface area contributed by atoms with Gasteiger partial charge in [-0.05, 0) is 24.3 Å². The van der Waals surface area contributed by atoms with E-state index in [-0.39, 0.29) is 21.9 Å². The Balaban J connectivity index is 2.41. The molecule has 0 spiro atoms. The summed E-state index contributed by atoms with van der Waals surface area (Å²) in [6, 6.07) is 6.34. The van der Waals surface area contributed by atoms with Crippen molar-refractivity contribution in [1.29, 1.82) is 0 Å². The SMILES string of the molecule is COc1ccc(F)c(Nc2ccc(C(N)=S)c(F)c2F)c1. The Morgan fingerprint density at radius 3 is 2.43 bits per heavy atom. The smallest absolute Gasteiger partial charge is 0.182 e. The molecule has 0 unspecified atom stereocenters. The van der Waals surface area contributed by atoms with Crippen LogP contribution in [0.1, 0.15) is 5.56 Å². The molecule has 21 heavy (non-hydrogen) atoms. The van der Waals surface area contributed by atoms with E-state index in [0.29, 0.717) is 5.75 Å². The lowest BCUT2D eigenvalue weighted by Crippen LogP contribution is -2.13. The largest absolute Gasteiger partial charge is 0.497 e. The second kappa shape index (κ2) is 6.01. The fourth-order valence-corrected chi connectivity index (χ4v) is 1.87. The summed E-state index contributed by atoms with van der Waals surface area (Å²) in [6.45, 7) is 0. The number of thiocarbonyl (C=S) groups is 1. The van der Waals surface area contributed by atoms with Crippen LogP contribution in [-0.4, -0.2) is 12.1 Å². The number of nitrogens with one attached hydrogen (secondary N) is 1. The van der Waals surface area contributed by atoms with Gasteiger partial charge in [0.25, 0.3) is 0 Å². The molecule has 0 aliphatic rings. The summed E-state index contributed by atoms with van der Waals surface area (Å²) in [5.74, 6) is -2.63. The zero-order valence-corrected chi connectivity index (χ0v) is 11.7. The maximum absolute atomic E-state index is 13.9. The Kier molecular flexibility index (Phi) is 4.32. The topological polar surface area (TPSA) is 47.3 Å². The molecule has 2 aromatic rings. The zero-order chi connectivity index (χ0) is 15.6. The van der Waals surface area contributed by atoms with Crippen molar-refractivity contribution in [3.63, 3.8) is 0 Å². The molecule has 0 saturated heterocycles. The van der Waals surface area contributed by atoms with Crippen LogP contribution in [-0.2, 0) is 0 Å². The predicted molar refractivity (Wildman–Crippen MR) is 78.5 cm³/mol. The van der Waals surface area contributed by atoms with E-state index in [1.54, 1.807) is 0 Å². The van der Waals surface area contributed by atoms with Crippen molar-refractivity contribution in [3.8, 4) is 5.75 Å². The first kappa shape index (κ1) is 15.1. The van der Waals surface area contributed by atoms with Crippen molar-refractivity contribution in [1.82, 2.24) is 0 Å². The Hall–Kier alpha value is -2.28. The average Bonchev–Trinajstić information content (AvgIpc) is 2.45. The second-order valence-electron chi connectivity index (χ2n) is 4.12. The molecule has 0 bridgehead atoms. The van der Waals surface area contributed by atoms with Crippen LogP contribution in [0.25, 0.3) is 0 Å². The van der Waals surface area contributed by atoms with Crippen LogP contribution in [0.5, 0.6) is 5.75 Å². The van der Waals surface area contributed by atoms with Crippen LogP contribution in [0.3, 0.4) is 0 Å².